The Morgan fingerprint density at radius 3 is 1.31 bits per heavy atom. The maximum absolute atomic E-state index is 13.5. The van der Waals surface area contributed by atoms with Crippen LogP contribution in [0.3, 0.4) is 0 Å². The van der Waals surface area contributed by atoms with Crippen LogP contribution in [0.15, 0.2) is 72.9 Å². The highest BCUT2D eigenvalue weighted by atomic mass is 16.7. The predicted octanol–water partition coefficient (Wildman–Crippen LogP) is 16.7. The Labute approximate surface area is 496 Å². The van der Waals surface area contributed by atoms with Gasteiger partial charge in [-0.1, -0.05) is 267 Å². The molecule has 1 aliphatic rings. The molecule has 11 heteroatoms. The van der Waals surface area contributed by atoms with Crippen molar-refractivity contribution in [2.75, 3.05) is 13.2 Å². The summed E-state index contributed by atoms with van der Waals surface area (Å²) in [7, 11) is 0. The van der Waals surface area contributed by atoms with Crippen LogP contribution in [0.25, 0.3) is 0 Å². The maximum atomic E-state index is 13.5. The lowest BCUT2D eigenvalue weighted by Crippen LogP contribution is -2.61. The largest absolute Gasteiger partial charge is 0.454 e. The minimum atomic E-state index is -1.62. The standard InChI is InChI=1S/C70H125NO10/c1-4-7-10-13-16-19-22-25-26-27-28-29-30-31-32-33-34-35-36-37-40-42-45-48-51-54-57-63(74)69(78)71-61(62(73)56-53-50-47-44-41-38-23-20-17-14-11-8-5-2)60-79-70-68(67(77)66(76)64(59-72)80-70)81-65(75)58-55-52-49-46-43-39-24-21-18-15-12-9-6-3/h16,19,25-26,28-29,31-32,39,43,53,56,61-64,66-68,70,72-74,76-77H,4-15,17-18,20-24,27,30,33-38,40-42,44-52,54-55,57-60H2,1-3H3,(H,71,78)/b19-16-,26-25-,29-28-,32-31-,43-39-,56-53+. The molecule has 8 atom stereocenters. The number of carbonyl (C=O) groups is 2. The number of carbonyl (C=O) groups excluding carboxylic acids is 2. The summed E-state index contributed by atoms with van der Waals surface area (Å²) in [5.74, 6) is -1.21. The summed E-state index contributed by atoms with van der Waals surface area (Å²) in [5.41, 5.74) is 0. The van der Waals surface area contributed by atoms with E-state index in [1.54, 1.807) is 6.08 Å². The van der Waals surface area contributed by atoms with Crippen molar-refractivity contribution in [2.24, 2.45) is 0 Å². The minimum Gasteiger partial charge on any atom is -0.454 e. The number of aliphatic hydroxyl groups excluding tert-OH is 5. The molecule has 11 nitrogen and oxygen atoms in total. The van der Waals surface area contributed by atoms with Gasteiger partial charge in [0.25, 0.3) is 0 Å². The van der Waals surface area contributed by atoms with Crippen molar-refractivity contribution < 1.29 is 49.3 Å². The molecular formula is C70H125NO10. The number of ether oxygens (including phenoxy) is 3. The molecule has 1 amide bonds. The van der Waals surface area contributed by atoms with E-state index in [9.17, 15) is 35.1 Å². The summed E-state index contributed by atoms with van der Waals surface area (Å²) in [4.78, 5) is 26.6. The molecule has 1 fully saturated rings. The van der Waals surface area contributed by atoms with Crippen LogP contribution >= 0.6 is 0 Å². The Bertz CT molecular complexity index is 1590. The van der Waals surface area contributed by atoms with Crippen LogP contribution in [0.5, 0.6) is 0 Å². The van der Waals surface area contributed by atoms with Crippen LogP contribution in [0.1, 0.15) is 297 Å². The van der Waals surface area contributed by atoms with Crippen molar-refractivity contribution in [3.8, 4) is 0 Å². The van der Waals surface area contributed by atoms with Crippen LogP contribution < -0.4 is 5.32 Å². The van der Waals surface area contributed by atoms with Crippen molar-refractivity contribution in [3.63, 3.8) is 0 Å². The number of hydrogen-bond acceptors (Lipinski definition) is 10. The Morgan fingerprint density at radius 1 is 0.481 bits per heavy atom. The lowest BCUT2D eigenvalue weighted by molar-refractivity contribution is -0.305. The van der Waals surface area contributed by atoms with E-state index in [-0.39, 0.29) is 19.4 Å². The van der Waals surface area contributed by atoms with Gasteiger partial charge >= 0.3 is 5.97 Å². The van der Waals surface area contributed by atoms with Gasteiger partial charge in [0.05, 0.1) is 25.4 Å². The Hall–Kier alpha value is -2.90. The molecule has 1 saturated heterocycles. The fourth-order valence-electron chi connectivity index (χ4n) is 10.2. The summed E-state index contributed by atoms with van der Waals surface area (Å²) >= 11 is 0. The highest BCUT2D eigenvalue weighted by Gasteiger charge is 2.47. The van der Waals surface area contributed by atoms with E-state index in [1.165, 1.54) is 161 Å². The summed E-state index contributed by atoms with van der Waals surface area (Å²) in [6.45, 7) is 5.76. The Kier molecular flexibility index (Phi) is 54.1. The van der Waals surface area contributed by atoms with E-state index in [1.807, 2.05) is 6.08 Å². The zero-order chi connectivity index (χ0) is 58.9. The van der Waals surface area contributed by atoms with Gasteiger partial charge in [-0.2, -0.15) is 0 Å². The molecule has 0 saturated carbocycles. The van der Waals surface area contributed by atoms with Crippen LogP contribution in [-0.4, -0.2) is 99.6 Å². The molecule has 470 valence electrons. The first-order valence-corrected chi connectivity index (χ1v) is 33.7. The molecule has 8 unspecified atom stereocenters. The van der Waals surface area contributed by atoms with Crippen molar-refractivity contribution in [2.45, 2.75) is 346 Å². The maximum Gasteiger partial charge on any atom is 0.306 e. The number of rotatable bonds is 57. The number of aliphatic hydroxyl groups is 5. The van der Waals surface area contributed by atoms with E-state index >= 15 is 0 Å². The lowest BCUT2D eigenvalue weighted by atomic mass is 9.99. The van der Waals surface area contributed by atoms with Gasteiger partial charge in [0.2, 0.25) is 5.91 Å². The van der Waals surface area contributed by atoms with Gasteiger partial charge in [-0.15, -0.1) is 0 Å². The average molecular weight is 1140 g/mol. The zero-order valence-corrected chi connectivity index (χ0v) is 52.1. The summed E-state index contributed by atoms with van der Waals surface area (Å²) in [6, 6.07) is -1.03. The van der Waals surface area contributed by atoms with Crippen LogP contribution in [0.4, 0.5) is 0 Å². The Morgan fingerprint density at radius 2 is 0.852 bits per heavy atom. The molecule has 0 aromatic rings. The summed E-state index contributed by atoms with van der Waals surface area (Å²) in [5, 5.41) is 57.1. The second kappa shape index (κ2) is 57.5. The molecule has 1 aliphatic heterocycles. The molecule has 1 rings (SSSR count). The van der Waals surface area contributed by atoms with Gasteiger partial charge < -0.3 is 45.1 Å². The first-order valence-electron chi connectivity index (χ1n) is 33.7. The first-order chi connectivity index (χ1) is 39.7. The third-order valence-corrected chi connectivity index (χ3v) is 15.6. The molecule has 0 aromatic heterocycles. The normalized spacial score (nSPS) is 19.1. The molecule has 0 aromatic carbocycles. The third kappa shape index (κ3) is 45.2. The number of nitrogens with one attached hydrogen (secondary N) is 1. The number of amides is 1. The molecule has 1 heterocycles. The predicted molar refractivity (Wildman–Crippen MR) is 338 cm³/mol. The van der Waals surface area contributed by atoms with Crippen LogP contribution in [0.2, 0.25) is 0 Å². The smallest absolute Gasteiger partial charge is 0.306 e. The third-order valence-electron chi connectivity index (χ3n) is 15.6. The molecule has 0 bridgehead atoms. The first kappa shape index (κ1) is 76.1. The average Bonchev–Trinajstić information content (AvgIpc) is 3.52. The van der Waals surface area contributed by atoms with Crippen molar-refractivity contribution >= 4 is 11.9 Å². The Balaban J connectivity index is 2.60. The fraction of sp³-hybridized carbons (Fsp3) is 0.800. The summed E-state index contributed by atoms with van der Waals surface area (Å²) < 4.78 is 17.6. The van der Waals surface area contributed by atoms with Gasteiger partial charge in [-0.05, 0) is 96.3 Å². The fourth-order valence-corrected chi connectivity index (χ4v) is 10.2. The molecule has 0 radical (unpaired) electrons. The van der Waals surface area contributed by atoms with Gasteiger partial charge in [-0.25, -0.2) is 0 Å². The zero-order valence-electron chi connectivity index (χ0n) is 52.1. The number of esters is 1. The molecule has 6 N–H and O–H groups in total. The van der Waals surface area contributed by atoms with E-state index in [0.717, 1.165) is 89.9 Å². The highest BCUT2D eigenvalue weighted by molar-refractivity contribution is 5.80. The van der Waals surface area contributed by atoms with E-state index < -0.39 is 67.4 Å². The monoisotopic (exact) mass is 1140 g/mol. The van der Waals surface area contributed by atoms with E-state index in [4.69, 9.17) is 14.2 Å². The highest BCUT2D eigenvalue weighted by Crippen LogP contribution is 2.26. The van der Waals surface area contributed by atoms with Gasteiger partial charge in [-0.3, -0.25) is 9.59 Å². The quantitative estimate of drug-likeness (QED) is 0.0195. The van der Waals surface area contributed by atoms with Crippen molar-refractivity contribution in [3.05, 3.63) is 72.9 Å². The topological polar surface area (TPSA) is 175 Å². The van der Waals surface area contributed by atoms with E-state index in [0.29, 0.717) is 12.8 Å². The second-order valence-corrected chi connectivity index (χ2v) is 23.2. The van der Waals surface area contributed by atoms with Gasteiger partial charge in [0, 0.05) is 6.42 Å². The molecule has 0 aliphatic carbocycles. The summed E-state index contributed by atoms with van der Waals surface area (Å²) in [6.07, 6.45) is 63.7. The van der Waals surface area contributed by atoms with Gasteiger partial charge in [0.1, 0.15) is 24.4 Å². The van der Waals surface area contributed by atoms with Gasteiger partial charge in [0.15, 0.2) is 12.4 Å². The number of unbranched alkanes of at least 4 members (excludes halogenated alkanes) is 33. The number of allylic oxidation sites excluding steroid dienone is 11. The molecule has 81 heavy (non-hydrogen) atoms. The van der Waals surface area contributed by atoms with Crippen molar-refractivity contribution in [1.82, 2.24) is 5.32 Å². The molecular weight excluding hydrogens is 1010 g/mol. The minimum absolute atomic E-state index is 0.102. The van der Waals surface area contributed by atoms with E-state index in [2.05, 4.69) is 86.8 Å². The van der Waals surface area contributed by atoms with Crippen LogP contribution in [0, 0.1) is 0 Å². The second-order valence-electron chi connectivity index (χ2n) is 23.2. The molecule has 0 spiro atoms. The number of hydrogen-bond donors (Lipinski definition) is 6. The van der Waals surface area contributed by atoms with Crippen LogP contribution in [-0.2, 0) is 23.8 Å². The van der Waals surface area contributed by atoms with Crippen molar-refractivity contribution in [1.29, 1.82) is 0 Å². The lowest BCUT2D eigenvalue weighted by Gasteiger charge is -2.41. The SMILES string of the molecule is CCCCC/C=C\C/C=C\C/C=C\C/C=C\CCCCCCCCCCCCC(O)C(=O)NC(COC1OC(CO)C(O)C(O)C1OC(=O)CCCCC/C=C\CCCCCCCC)C(O)/C=C/CCCCCCCCCCCCC.